The molecular formula is C91H154O16P2. The van der Waals surface area contributed by atoms with Crippen molar-refractivity contribution in [1.29, 1.82) is 0 Å². The van der Waals surface area contributed by atoms with Crippen LogP contribution in [0, 0.1) is 0 Å². The van der Waals surface area contributed by atoms with E-state index in [4.69, 9.17) is 32.3 Å². The van der Waals surface area contributed by atoms with Gasteiger partial charge in [-0.3, -0.25) is 32.5 Å². The minimum atomic E-state index is -4.94. The van der Waals surface area contributed by atoms with Crippen molar-refractivity contribution in [1.82, 2.24) is 0 Å². The van der Waals surface area contributed by atoms with Crippen LogP contribution in [0.2, 0.25) is 0 Å². The topological polar surface area (TPSA) is 231 Å². The van der Waals surface area contributed by atoms with Crippen LogP contribution in [0.3, 0.4) is 0 Å². The highest BCUT2D eigenvalue weighted by atomic mass is 31.2. The van der Waals surface area contributed by atoms with Crippen LogP contribution in [0.25, 0.3) is 0 Å². The molecule has 0 spiro atoms. The van der Waals surface area contributed by atoms with E-state index in [1.807, 2.05) is 0 Å². The van der Waals surface area contributed by atoms with Crippen molar-refractivity contribution in [3.05, 3.63) is 158 Å². The lowest BCUT2D eigenvalue weighted by Crippen LogP contribution is -2.30. The molecular weight excluding hydrogens is 1410 g/mol. The molecule has 0 aliphatic heterocycles. The Bertz CT molecular complexity index is 2610. The number of phosphoric acid groups is 2. The molecule has 0 amide bonds. The maximum Gasteiger partial charge on any atom is 0.472 e. The second-order valence-corrected chi connectivity index (χ2v) is 31.1. The number of carbonyl (C=O) groups excluding carboxylic acids is 3. The minimum absolute atomic E-state index is 0.0855. The van der Waals surface area contributed by atoms with Crippen LogP contribution in [-0.4, -0.2) is 95.9 Å². The number of rotatable bonds is 80. The van der Waals surface area contributed by atoms with Crippen molar-refractivity contribution < 1.29 is 75.8 Å². The number of hydrogen-bond donors (Lipinski definition) is 4. The number of carbonyl (C=O) groups is 3. The molecule has 4 N–H and O–H groups in total. The van der Waals surface area contributed by atoms with Crippen molar-refractivity contribution in [2.24, 2.45) is 0 Å². The molecule has 0 heterocycles. The van der Waals surface area contributed by atoms with E-state index >= 15 is 0 Å². The zero-order valence-electron chi connectivity index (χ0n) is 68.4. The molecule has 0 saturated heterocycles. The Balaban J connectivity index is 4.48. The van der Waals surface area contributed by atoms with Gasteiger partial charge in [0.1, 0.15) is 25.4 Å². The summed E-state index contributed by atoms with van der Waals surface area (Å²) in [6, 6.07) is 0. The lowest BCUT2D eigenvalue weighted by Gasteiger charge is -2.21. The summed E-state index contributed by atoms with van der Waals surface area (Å²) in [5.41, 5.74) is 0. The predicted molar refractivity (Wildman–Crippen MR) is 454 cm³/mol. The first-order valence-corrected chi connectivity index (χ1v) is 45.8. The average molecular weight is 1570 g/mol. The molecule has 0 aromatic rings. The SMILES string of the molecule is CC/C=C\C/C=C\C/C=C\C/C=C\C/C=C\C/C=C\CCCCCCCCCCCCCCCCCCC(=O)OCC(O)COP(=O)(O)OCC(O)COP(=O)(O)OCC(COC(=O)CCCCCCC/C=C\C/C=C\C/C=C\C/C=C\CCCCC)OC(=O)CCCCCCCCC/C=C\C/C=C\C/C=C\CC. The average Bonchev–Trinajstić information content (AvgIpc) is 0.912. The molecule has 0 aliphatic carbocycles. The third-order valence-corrected chi connectivity index (χ3v) is 19.6. The Hall–Kier alpha value is -4.83. The van der Waals surface area contributed by atoms with E-state index in [0.717, 1.165) is 173 Å². The van der Waals surface area contributed by atoms with Crippen molar-refractivity contribution in [3.63, 3.8) is 0 Å². The van der Waals surface area contributed by atoms with E-state index in [-0.39, 0.29) is 19.3 Å². The highest BCUT2D eigenvalue weighted by molar-refractivity contribution is 7.47. The molecule has 16 nitrogen and oxygen atoms in total. The van der Waals surface area contributed by atoms with E-state index in [1.54, 1.807) is 0 Å². The third-order valence-electron chi connectivity index (χ3n) is 17.7. The summed E-state index contributed by atoms with van der Waals surface area (Å²) in [5, 5.41) is 20.7. The molecule has 0 fully saturated rings. The van der Waals surface area contributed by atoms with Crippen LogP contribution in [0.5, 0.6) is 0 Å². The predicted octanol–water partition coefficient (Wildman–Crippen LogP) is 25.8. The van der Waals surface area contributed by atoms with Gasteiger partial charge in [0.2, 0.25) is 0 Å². The zero-order chi connectivity index (χ0) is 79.4. The van der Waals surface area contributed by atoms with Crippen molar-refractivity contribution in [2.45, 2.75) is 360 Å². The zero-order valence-corrected chi connectivity index (χ0v) is 70.2. The van der Waals surface area contributed by atoms with Gasteiger partial charge in [-0.25, -0.2) is 9.13 Å². The van der Waals surface area contributed by atoms with E-state index in [2.05, 4.69) is 179 Å². The lowest BCUT2D eigenvalue weighted by molar-refractivity contribution is -0.161. The number of ether oxygens (including phenoxy) is 3. The maximum atomic E-state index is 13.0. The Morgan fingerprint density at radius 3 is 0.771 bits per heavy atom. The van der Waals surface area contributed by atoms with E-state index in [0.29, 0.717) is 19.3 Å². The minimum Gasteiger partial charge on any atom is -0.463 e. The van der Waals surface area contributed by atoms with Crippen LogP contribution in [0.4, 0.5) is 0 Å². The smallest absolute Gasteiger partial charge is 0.463 e. The summed E-state index contributed by atoms with van der Waals surface area (Å²) in [4.78, 5) is 58.8. The first-order chi connectivity index (χ1) is 53.2. The molecule has 18 heteroatoms. The van der Waals surface area contributed by atoms with Gasteiger partial charge in [-0.15, -0.1) is 0 Å². The number of aliphatic hydroxyl groups is 2. The van der Waals surface area contributed by atoms with Crippen LogP contribution >= 0.6 is 15.6 Å². The second-order valence-electron chi connectivity index (χ2n) is 28.2. The summed E-state index contributed by atoms with van der Waals surface area (Å²) >= 11 is 0. The fraction of sp³-hybridized carbons (Fsp3) is 0.681. The first-order valence-electron chi connectivity index (χ1n) is 42.8. The Kier molecular flexibility index (Phi) is 79.0. The van der Waals surface area contributed by atoms with Gasteiger partial charge in [-0.1, -0.05) is 333 Å². The highest BCUT2D eigenvalue weighted by Crippen LogP contribution is 2.45. The molecule has 5 unspecified atom stereocenters. The van der Waals surface area contributed by atoms with Gasteiger partial charge in [-0.05, 0) is 148 Å². The normalized spacial score (nSPS) is 14.7. The Morgan fingerprint density at radius 1 is 0.266 bits per heavy atom. The standard InChI is InChI=1S/C91H154O16P2/c1-4-7-10-13-16-19-22-25-28-31-33-35-36-37-38-39-40-41-42-43-44-45-46-47-48-50-52-54-56-59-62-65-68-71-74-77-89(94)101-80-86(92)81-103-108(97,98)104-82-87(93)83-105-109(99,100)106-85-88(107-91(96)79-76-73-70-67-64-61-58-53-30-27-24-21-18-15-12-9-6-3)84-102-90(95)78-75-72-69-66-63-60-57-55-51-49-34-32-29-26-23-20-17-14-11-8-5-2/h7,9-10,12,16-21,25-30,33-35,37-38,40-41,49,55,57,86-88,92-93H,4-6,8,11,13-15,22-24,31-32,36,39,42-48,50-54,56,58-85H2,1-3H3,(H,97,98)(H,99,100)/b10-7-,12-9-,19-16-,20-17-,21-18-,28-25-,29-26-,30-27-,35-33-,38-37-,41-40-,49-34-,57-55-. The largest absolute Gasteiger partial charge is 0.472 e. The van der Waals surface area contributed by atoms with E-state index in [9.17, 15) is 43.5 Å². The Labute approximate surface area is 663 Å². The number of unbranched alkanes of at least 4 members (excludes halogenated alkanes) is 31. The summed E-state index contributed by atoms with van der Waals surface area (Å²) in [6.07, 6.45) is 104. The molecule has 0 saturated carbocycles. The van der Waals surface area contributed by atoms with Crippen molar-refractivity contribution >= 4 is 33.6 Å². The second kappa shape index (κ2) is 82.6. The number of hydrogen-bond acceptors (Lipinski definition) is 14. The van der Waals surface area contributed by atoms with Crippen LogP contribution < -0.4 is 0 Å². The summed E-state index contributed by atoms with van der Waals surface area (Å²) in [6.45, 7) is 2.42. The molecule has 5 atom stereocenters. The fourth-order valence-electron chi connectivity index (χ4n) is 11.3. The van der Waals surface area contributed by atoms with Crippen molar-refractivity contribution in [3.8, 4) is 0 Å². The molecule has 0 radical (unpaired) electrons. The van der Waals surface area contributed by atoms with Gasteiger partial charge in [0.25, 0.3) is 0 Å². The Morgan fingerprint density at radius 2 is 0.486 bits per heavy atom. The third kappa shape index (κ3) is 83.9. The molecule has 624 valence electrons. The number of allylic oxidation sites excluding steroid dienone is 26. The monoisotopic (exact) mass is 1570 g/mol. The number of aliphatic hydroxyl groups excluding tert-OH is 2. The van der Waals surface area contributed by atoms with Gasteiger partial charge in [-0.2, -0.15) is 0 Å². The quantitative estimate of drug-likeness (QED) is 0.0146. The summed E-state index contributed by atoms with van der Waals surface area (Å²) in [7, 11) is -9.81. The fourth-order valence-corrected chi connectivity index (χ4v) is 12.9. The van der Waals surface area contributed by atoms with Gasteiger partial charge >= 0.3 is 33.6 Å². The van der Waals surface area contributed by atoms with E-state index in [1.165, 1.54) is 109 Å². The van der Waals surface area contributed by atoms with Crippen LogP contribution in [0.1, 0.15) is 342 Å². The molecule has 0 aromatic carbocycles. The summed E-state index contributed by atoms with van der Waals surface area (Å²) < 4.78 is 61.3. The highest BCUT2D eigenvalue weighted by Gasteiger charge is 2.29. The van der Waals surface area contributed by atoms with Crippen LogP contribution in [0.15, 0.2) is 158 Å². The maximum absolute atomic E-state index is 13.0. The first kappa shape index (κ1) is 104. The van der Waals surface area contributed by atoms with Crippen LogP contribution in [-0.2, 0) is 55.8 Å². The van der Waals surface area contributed by atoms with Crippen molar-refractivity contribution in [2.75, 3.05) is 39.6 Å². The molecule has 0 aliphatic rings. The molecule has 0 rings (SSSR count). The molecule has 0 aromatic heterocycles. The lowest BCUT2D eigenvalue weighted by atomic mass is 10.0. The van der Waals surface area contributed by atoms with Gasteiger partial charge in [0.05, 0.1) is 26.4 Å². The molecule has 109 heavy (non-hydrogen) atoms. The van der Waals surface area contributed by atoms with Gasteiger partial charge in [0, 0.05) is 19.3 Å². The van der Waals surface area contributed by atoms with Gasteiger partial charge < -0.3 is 34.2 Å². The summed E-state index contributed by atoms with van der Waals surface area (Å²) in [5.74, 6) is -1.60. The van der Waals surface area contributed by atoms with E-state index < -0.39 is 91.5 Å². The van der Waals surface area contributed by atoms with Gasteiger partial charge in [0.15, 0.2) is 6.10 Å². The molecule has 0 bridgehead atoms. The number of phosphoric ester groups is 2. The number of esters is 3.